The van der Waals surface area contributed by atoms with E-state index in [1.807, 2.05) is 41.8 Å². The molecule has 8 heteroatoms. The van der Waals surface area contributed by atoms with E-state index in [2.05, 4.69) is 10.4 Å². The molecule has 1 saturated carbocycles. The van der Waals surface area contributed by atoms with E-state index in [0.29, 0.717) is 5.52 Å². The van der Waals surface area contributed by atoms with Crippen molar-refractivity contribution < 1.29 is 9.53 Å². The highest BCUT2D eigenvalue weighted by molar-refractivity contribution is 7.16. The number of nitrogens with zero attached hydrogens (tertiary/aromatic N) is 3. The normalized spacial score (nSPS) is 15.6. The molecule has 0 aliphatic heterocycles. The lowest BCUT2D eigenvalue weighted by Crippen LogP contribution is -2.46. The fraction of sp³-hybridized carbons (Fsp3) is 0.318. The first-order valence-corrected chi connectivity index (χ1v) is 10.9. The molecule has 0 radical (unpaired) electrons. The number of hydrogen-bond acceptors (Lipinski definition) is 5. The second kappa shape index (κ2) is 7.28. The molecule has 1 amide bonds. The third-order valence-corrected chi connectivity index (χ3v) is 6.88. The fourth-order valence-electron chi connectivity index (χ4n) is 4.56. The molecule has 30 heavy (non-hydrogen) atoms. The van der Waals surface area contributed by atoms with Gasteiger partial charge < -0.3 is 10.1 Å². The Bertz CT molecular complexity index is 1300. The summed E-state index contributed by atoms with van der Waals surface area (Å²) in [4.78, 5) is 26.9. The molecule has 1 fully saturated rings. The number of aromatic nitrogens is 3. The van der Waals surface area contributed by atoms with E-state index in [4.69, 9.17) is 4.74 Å². The average Bonchev–Trinajstić information content (AvgIpc) is 3.47. The predicted molar refractivity (Wildman–Crippen MR) is 116 cm³/mol. The molecule has 3 heterocycles. The molecule has 0 atom stereocenters. The van der Waals surface area contributed by atoms with Crippen molar-refractivity contribution in [3.63, 3.8) is 0 Å². The largest absolute Gasteiger partial charge is 0.496 e. The molecule has 0 saturated heterocycles. The van der Waals surface area contributed by atoms with E-state index in [1.165, 1.54) is 4.68 Å². The van der Waals surface area contributed by atoms with Crippen LogP contribution in [0.3, 0.4) is 0 Å². The first-order valence-electron chi connectivity index (χ1n) is 10.0. The Hall–Kier alpha value is -3.13. The summed E-state index contributed by atoms with van der Waals surface area (Å²) >= 11 is 1.56. The number of methoxy groups -OCH3 is 1. The third kappa shape index (κ3) is 2.99. The van der Waals surface area contributed by atoms with Gasteiger partial charge in [-0.3, -0.25) is 14.0 Å². The van der Waals surface area contributed by atoms with Crippen molar-refractivity contribution in [2.45, 2.75) is 37.8 Å². The zero-order chi connectivity index (χ0) is 20.7. The molecular formula is C22H22N4O3S. The van der Waals surface area contributed by atoms with Gasteiger partial charge in [0.05, 0.1) is 12.6 Å². The second-order valence-corrected chi connectivity index (χ2v) is 8.61. The van der Waals surface area contributed by atoms with Gasteiger partial charge in [-0.05, 0) is 36.4 Å². The Labute approximate surface area is 176 Å². The van der Waals surface area contributed by atoms with Gasteiger partial charge in [-0.15, -0.1) is 11.3 Å². The van der Waals surface area contributed by atoms with Gasteiger partial charge in [0.15, 0.2) is 0 Å². The molecule has 1 aliphatic rings. The summed E-state index contributed by atoms with van der Waals surface area (Å²) in [6.45, 7) is -0.120. The first kappa shape index (κ1) is 18.9. The van der Waals surface area contributed by atoms with E-state index in [9.17, 15) is 9.59 Å². The van der Waals surface area contributed by atoms with Crippen LogP contribution in [0.1, 0.15) is 31.2 Å². The van der Waals surface area contributed by atoms with Crippen LogP contribution in [0.5, 0.6) is 5.75 Å². The van der Waals surface area contributed by atoms with Crippen LogP contribution in [0.15, 0.2) is 52.9 Å². The highest BCUT2D eigenvalue weighted by Gasteiger charge is 2.39. The fourth-order valence-corrected chi connectivity index (χ4v) is 5.42. The number of thiophene rings is 1. The van der Waals surface area contributed by atoms with E-state index in [0.717, 1.165) is 47.2 Å². The van der Waals surface area contributed by atoms with Crippen molar-refractivity contribution in [1.82, 2.24) is 19.5 Å². The van der Waals surface area contributed by atoms with Crippen molar-refractivity contribution in [3.05, 3.63) is 64.0 Å². The van der Waals surface area contributed by atoms with Gasteiger partial charge in [-0.25, -0.2) is 4.68 Å². The van der Waals surface area contributed by atoms with Crippen LogP contribution in [-0.4, -0.2) is 27.2 Å². The molecule has 1 N–H and O–H groups in total. The number of fused-ring (bicyclic) bond motifs is 3. The number of hydrogen-bond donors (Lipinski definition) is 1. The van der Waals surface area contributed by atoms with Crippen LogP contribution in [-0.2, 0) is 16.9 Å². The molecule has 0 spiro atoms. The number of amides is 1. The van der Waals surface area contributed by atoms with Crippen molar-refractivity contribution >= 4 is 33.0 Å². The minimum atomic E-state index is -0.477. The maximum atomic E-state index is 13.0. The highest BCUT2D eigenvalue weighted by Crippen LogP contribution is 2.42. The Kier molecular flexibility index (Phi) is 4.58. The maximum absolute atomic E-state index is 13.0. The van der Waals surface area contributed by atoms with Crippen molar-refractivity contribution in [1.29, 1.82) is 0 Å². The molecule has 154 valence electrons. The average molecular weight is 423 g/mol. The smallest absolute Gasteiger partial charge is 0.291 e. The summed E-state index contributed by atoms with van der Waals surface area (Å²) < 4.78 is 8.57. The van der Waals surface area contributed by atoms with E-state index < -0.39 is 5.54 Å². The molecule has 5 rings (SSSR count). The number of carbonyl (C=O) groups is 1. The molecular weight excluding hydrogens is 400 g/mol. The lowest BCUT2D eigenvalue weighted by Gasteiger charge is -2.32. The first-order chi connectivity index (χ1) is 14.6. The number of para-hydroxylation sites is 1. The van der Waals surface area contributed by atoms with Gasteiger partial charge in [-0.2, -0.15) is 5.10 Å². The summed E-state index contributed by atoms with van der Waals surface area (Å²) in [6, 6.07) is 11.6. The van der Waals surface area contributed by atoms with Gasteiger partial charge in [-0.1, -0.05) is 31.0 Å². The Morgan fingerprint density at radius 3 is 2.87 bits per heavy atom. The van der Waals surface area contributed by atoms with Crippen LogP contribution in [0.4, 0.5) is 0 Å². The van der Waals surface area contributed by atoms with Crippen LogP contribution >= 0.6 is 11.3 Å². The molecule has 7 nitrogen and oxygen atoms in total. The SMILES string of the molecule is COc1ccccc1C1(NC(=O)Cn2ncn3c(cc4ccsc43)c2=O)CCCC1. The lowest BCUT2D eigenvalue weighted by atomic mass is 9.87. The third-order valence-electron chi connectivity index (χ3n) is 5.96. The molecule has 1 aliphatic carbocycles. The zero-order valence-corrected chi connectivity index (χ0v) is 17.4. The van der Waals surface area contributed by atoms with E-state index in [-0.39, 0.29) is 18.0 Å². The zero-order valence-electron chi connectivity index (χ0n) is 16.6. The number of carbonyl (C=O) groups excluding carboxylic acids is 1. The van der Waals surface area contributed by atoms with Crippen molar-refractivity contribution in [2.75, 3.05) is 7.11 Å². The number of benzene rings is 1. The standard InChI is InChI=1S/C22H22N4O3S/c1-29-18-7-3-2-6-16(18)22(9-4-5-10-22)24-19(27)13-26-20(28)17-12-15-8-11-30-21(15)25(17)14-23-26/h2-3,6-8,11-12,14H,4-5,9-10,13H2,1H3,(H,24,27). The summed E-state index contributed by atoms with van der Waals surface area (Å²) in [5.74, 6) is 0.541. The van der Waals surface area contributed by atoms with Gasteiger partial charge in [0.1, 0.15) is 29.0 Å². The summed E-state index contributed by atoms with van der Waals surface area (Å²) in [5.41, 5.74) is 0.768. The lowest BCUT2D eigenvalue weighted by molar-refractivity contribution is -0.124. The van der Waals surface area contributed by atoms with E-state index >= 15 is 0 Å². The predicted octanol–water partition coefficient (Wildman–Crippen LogP) is 3.31. The minimum absolute atomic E-state index is 0.120. The van der Waals surface area contributed by atoms with Gasteiger partial charge in [0, 0.05) is 10.9 Å². The second-order valence-electron chi connectivity index (χ2n) is 7.71. The Balaban J connectivity index is 1.44. The van der Waals surface area contributed by atoms with Gasteiger partial charge >= 0.3 is 0 Å². The van der Waals surface area contributed by atoms with Gasteiger partial charge in [0.25, 0.3) is 5.56 Å². The number of nitrogens with one attached hydrogen (secondary N) is 1. The molecule has 0 unspecified atom stereocenters. The quantitative estimate of drug-likeness (QED) is 0.535. The maximum Gasteiger partial charge on any atom is 0.291 e. The molecule has 0 bridgehead atoms. The van der Waals surface area contributed by atoms with Gasteiger partial charge in [0.2, 0.25) is 5.91 Å². The Morgan fingerprint density at radius 2 is 2.07 bits per heavy atom. The topological polar surface area (TPSA) is 77.6 Å². The number of ether oxygens (including phenoxy) is 1. The summed E-state index contributed by atoms with van der Waals surface area (Å²) in [5, 5.41) is 10.4. The van der Waals surface area contributed by atoms with Crippen LogP contribution in [0, 0.1) is 0 Å². The monoisotopic (exact) mass is 422 g/mol. The summed E-state index contributed by atoms with van der Waals surface area (Å²) in [7, 11) is 1.64. The van der Waals surface area contributed by atoms with E-state index in [1.54, 1.807) is 29.2 Å². The number of rotatable bonds is 5. The Morgan fingerprint density at radius 1 is 1.27 bits per heavy atom. The van der Waals surface area contributed by atoms with Crippen molar-refractivity contribution in [3.8, 4) is 5.75 Å². The summed E-state index contributed by atoms with van der Waals surface area (Å²) in [6.07, 6.45) is 5.35. The highest BCUT2D eigenvalue weighted by atomic mass is 32.1. The van der Waals surface area contributed by atoms with Crippen molar-refractivity contribution in [2.24, 2.45) is 0 Å². The van der Waals surface area contributed by atoms with Crippen LogP contribution in [0.2, 0.25) is 0 Å². The molecule has 1 aromatic carbocycles. The minimum Gasteiger partial charge on any atom is -0.496 e. The van der Waals surface area contributed by atoms with Crippen LogP contribution < -0.4 is 15.6 Å². The molecule has 4 aromatic rings. The molecule has 3 aromatic heterocycles. The van der Waals surface area contributed by atoms with Crippen LogP contribution in [0.25, 0.3) is 15.7 Å².